The van der Waals surface area contributed by atoms with Gasteiger partial charge in [-0.05, 0) is 37.7 Å². The minimum absolute atomic E-state index is 0.0467. The second-order valence-electron chi connectivity index (χ2n) is 6.13. The van der Waals surface area contributed by atoms with E-state index in [0.717, 1.165) is 43.3 Å². The monoisotopic (exact) mass is 317 g/mol. The van der Waals surface area contributed by atoms with Gasteiger partial charge in [-0.25, -0.2) is 9.37 Å². The minimum Gasteiger partial charge on any atom is -0.369 e. The van der Waals surface area contributed by atoms with Crippen LogP contribution in [0.15, 0.2) is 30.6 Å². The van der Waals surface area contributed by atoms with E-state index < -0.39 is 0 Å². The van der Waals surface area contributed by atoms with Gasteiger partial charge in [-0.15, -0.1) is 0 Å². The number of nitrogens with one attached hydrogen (secondary N) is 2. The molecule has 0 saturated carbocycles. The summed E-state index contributed by atoms with van der Waals surface area (Å²) in [4.78, 5) is 12.0. The molecule has 1 atom stereocenters. The van der Waals surface area contributed by atoms with Crippen molar-refractivity contribution >= 4 is 5.69 Å². The topological polar surface area (TPSA) is 47.2 Å². The lowest BCUT2D eigenvalue weighted by molar-refractivity contribution is 0.312. The Morgan fingerprint density at radius 2 is 2.09 bits per heavy atom. The van der Waals surface area contributed by atoms with Crippen molar-refractivity contribution in [2.75, 3.05) is 38.1 Å². The summed E-state index contributed by atoms with van der Waals surface area (Å²) < 4.78 is 13.8. The summed E-state index contributed by atoms with van der Waals surface area (Å²) in [5, 5.41) is 3.42. The summed E-state index contributed by atoms with van der Waals surface area (Å²) in [6, 6.07) is 5.15. The van der Waals surface area contributed by atoms with Gasteiger partial charge in [0, 0.05) is 50.3 Å². The van der Waals surface area contributed by atoms with Crippen molar-refractivity contribution in [2.45, 2.75) is 19.5 Å². The number of rotatable bonds is 5. The third-order valence-electron chi connectivity index (χ3n) is 4.43. The molecule has 0 aliphatic carbocycles. The quantitative estimate of drug-likeness (QED) is 0.887. The number of H-pyrrole nitrogens is 1. The second kappa shape index (κ2) is 7.10. The Labute approximate surface area is 136 Å². The van der Waals surface area contributed by atoms with Crippen LogP contribution < -0.4 is 10.2 Å². The first-order valence-corrected chi connectivity index (χ1v) is 8.08. The fraction of sp³-hybridized carbons (Fsp3) is 0.471. The lowest BCUT2D eigenvalue weighted by Gasteiger charge is -2.36. The lowest BCUT2D eigenvalue weighted by atomic mass is 10.0. The molecule has 0 amide bonds. The minimum atomic E-state index is -0.190. The van der Waals surface area contributed by atoms with Crippen LogP contribution in [-0.4, -0.2) is 48.1 Å². The molecule has 1 fully saturated rings. The van der Waals surface area contributed by atoms with Crippen LogP contribution in [0.1, 0.15) is 24.4 Å². The van der Waals surface area contributed by atoms with Crippen molar-refractivity contribution in [1.82, 2.24) is 20.2 Å². The SMILES string of the molecule is C[C@H](NCc1ncc[nH]1)c1cc(F)ccc1N1CCN(C)CC1. The van der Waals surface area contributed by atoms with Crippen molar-refractivity contribution in [3.63, 3.8) is 0 Å². The van der Waals surface area contributed by atoms with Gasteiger partial charge in [0.2, 0.25) is 0 Å². The van der Waals surface area contributed by atoms with E-state index in [9.17, 15) is 4.39 Å². The van der Waals surface area contributed by atoms with E-state index in [2.05, 4.69) is 39.1 Å². The van der Waals surface area contributed by atoms with E-state index in [1.165, 1.54) is 0 Å². The van der Waals surface area contributed by atoms with Gasteiger partial charge in [-0.1, -0.05) is 0 Å². The Morgan fingerprint density at radius 1 is 1.30 bits per heavy atom. The van der Waals surface area contributed by atoms with Crippen LogP contribution in [0.4, 0.5) is 10.1 Å². The number of halogens is 1. The van der Waals surface area contributed by atoms with Crippen LogP contribution in [0.5, 0.6) is 0 Å². The third kappa shape index (κ3) is 3.89. The number of hydrogen-bond acceptors (Lipinski definition) is 4. The predicted molar refractivity (Wildman–Crippen MR) is 90.0 cm³/mol. The normalized spacial score (nSPS) is 17.4. The molecule has 1 saturated heterocycles. The average molecular weight is 317 g/mol. The maximum atomic E-state index is 13.8. The van der Waals surface area contributed by atoms with E-state index in [1.54, 1.807) is 24.5 Å². The molecule has 5 nitrogen and oxygen atoms in total. The zero-order valence-corrected chi connectivity index (χ0v) is 13.7. The number of hydrogen-bond donors (Lipinski definition) is 2. The molecular weight excluding hydrogens is 293 g/mol. The lowest BCUT2D eigenvalue weighted by Crippen LogP contribution is -2.45. The zero-order chi connectivity index (χ0) is 16.2. The first-order valence-electron chi connectivity index (χ1n) is 8.08. The van der Waals surface area contributed by atoms with Crippen LogP contribution in [0.25, 0.3) is 0 Å². The molecule has 1 aromatic carbocycles. The molecule has 23 heavy (non-hydrogen) atoms. The van der Waals surface area contributed by atoms with Gasteiger partial charge < -0.3 is 20.1 Å². The van der Waals surface area contributed by atoms with Crippen LogP contribution >= 0.6 is 0 Å². The molecule has 0 unspecified atom stereocenters. The van der Waals surface area contributed by atoms with Crippen molar-refractivity contribution in [3.8, 4) is 0 Å². The standard InChI is InChI=1S/C17H24FN5/c1-13(21-12-17-19-5-6-20-17)15-11-14(18)3-4-16(15)23-9-7-22(2)8-10-23/h3-6,11,13,21H,7-10,12H2,1-2H3,(H,19,20)/t13-/m0/s1. The molecule has 1 aliphatic rings. The Balaban J connectivity index is 1.75. The van der Waals surface area contributed by atoms with Crippen LogP contribution in [0.3, 0.4) is 0 Å². The van der Waals surface area contributed by atoms with E-state index in [0.29, 0.717) is 6.54 Å². The summed E-state index contributed by atoms with van der Waals surface area (Å²) in [6.45, 7) is 6.71. The summed E-state index contributed by atoms with van der Waals surface area (Å²) in [5.74, 6) is 0.693. The van der Waals surface area contributed by atoms with Gasteiger partial charge in [0.1, 0.15) is 11.6 Å². The molecule has 1 aliphatic heterocycles. The predicted octanol–water partition coefficient (Wildman–Crippen LogP) is 2.15. The summed E-state index contributed by atoms with van der Waals surface area (Å²) >= 11 is 0. The molecule has 0 spiro atoms. The first-order chi connectivity index (χ1) is 11.1. The molecule has 0 radical (unpaired) electrons. The molecule has 2 N–H and O–H groups in total. The van der Waals surface area contributed by atoms with E-state index in [-0.39, 0.29) is 11.9 Å². The summed E-state index contributed by atoms with van der Waals surface area (Å²) in [6.07, 6.45) is 3.54. The molecule has 6 heteroatoms. The molecule has 0 bridgehead atoms. The third-order valence-corrected chi connectivity index (χ3v) is 4.43. The Bertz CT molecular complexity index is 620. The molecular formula is C17H24FN5. The van der Waals surface area contributed by atoms with Gasteiger partial charge in [0.25, 0.3) is 0 Å². The number of aromatic nitrogens is 2. The van der Waals surface area contributed by atoms with Gasteiger partial charge in [-0.2, -0.15) is 0 Å². The molecule has 124 valence electrons. The second-order valence-corrected chi connectivity index (χ2v) is 6.13. The smallest absolute Gasteiger partial charge is 0.123 e. The van der Waals surface area contributed by atoms with Crippen LogP contribution in [0.2, 0.25) is 0 Å². The molecule has 2 aromatic rings. The highest BCUT2D eigenvalue weighted by Crippen LogP contribution is 2.28. The highest BCUT2D eigenvalue weighted by molar-refractivity contribution is 5.55. The number of benzene rings is 1. The van der Waals surface area contributed by atoms with Gasteiger partial charge >= 0.3 is 0 Å². The maximum Gasteiger partial charge on any atom is 0.123 e. The van der Waals surface area contributed by atoms with Crippen LogP contribution in [0, 0.1) is 5.82 Å². The number of nitrogens with zero attached hydrogens (tertiary/aromatic N) is 3. The molecule has 2 heterocycles. The number of anilines is 1. The highest BCUT2D eigenvalue weighted by Gasteiger charge is 2.20. The average Bonchev–Trinajstić information content (AvgIpc) is 3.07. The van der Waals surface area contributed by atoms with Crippen molar-refractivity contribution < 1.29 is 4.39 Å². The Hall–Kier alpha value is -1.92. The molecule has 1 aromatic heterocycles. The fourth-order valence-electron chi connectivity index (χ4n) is 2.96. The van der Waals surface area contributed by atoms with Crippen molar-refractivity contribution in [2.24, 2.45) is 0 Å². The Kier molecular flexibility index (Phi) is 4.93. The van der Waals surface area contributed by atoms with Gasteiger partial charge in [0.15, 0.2) is 0 Å². The van der Waals surface area contributed by atoms with E-state index >= 15 is 0 Å². The Morgan fingerprint density at radius 3 is 2.78 bits per heavy atom. The number of likely N-dealkylation sites (N-methyl/N-ethyl adjacent to an activating group) is 1. The summed E-state index contributed by atoms with van der Waals surface area (Å²) in [5.41, 5.74) is 2.13. The van der Waals surface area contributed by atoms with Crippen LogP contribution in [-0.2, 0) is 6.54 Å². The van der Waals surface area contributed by atoms with Crippen molar-refractivity contribution in [3.05, 3.63) is 47.8 Å². The fourth-order valence-corrected chi connectivity index (χ4v) is 2.96. The van der Waals surface area contributed by atoms with E-state index in [1.807, 2.05) is 6.07 Å². The highest BCUT2D eigenvalue weighted by atomic mass is 19.1. The van der Waals surface area contributed by atoms with Gasteiger partial charge in [-0.3, -0.25) is 0 Å². The largest absolute Gasteiger partial charge is 0.369 e. The van der Waals surface area contributed by atoms with E-state index in [4.69, 9.17) is 0 Å². The molecule has 3 rings (SSSR count). The summed E-state index contributed by atoms with van der Waals surface area (Å²) in [7, 11) is 2.14. The number of imidazole rings is 1. The zero-order valence-electron chi connectivity index (χ0n) is 13.7. The van der Waals surface area contributed by atoms with Gasteiger partial charge in [0.05, 0.1) is 6.54 Å². The number of piperazine rings is 1. The van der Waals surface area contributed by atoms with Crippen molar-refractivity contribution in [1.29, 1.82) is 0 Å². The number of aromatic amines is 1. The maximum absolute atomic E-state index is 13.8. The first kappa shape index (κ1) is 16.0.